The molecule has 0 bridgehead atoms. The fourth-order valence-electron chi connectivity index (χ4n) is 4.05. The van der Waals surface area contributed by atoms with Gasteiger partial charge in [0.05, 0.1) is 17.4 Å². The summed E-state index contributed by atoms with van der Waals surface area (Å²) in [4.78, 5) is 19.4. The minimum Gasteiger partial charge on any atom is -0.339 e. The maximum atomic E-state index is 12.9. The summed E-state index contributed by atoms with van der Waals surface area (Å²) in [6, 6.07) is 16.4. The Morgan fingerprint density at radius 1 is 1.04 bits per heavy atom. The molecule has 1 aromatic heterocycles. The van der Waals surface area contributed by atoms with Gasteiger partial charge in [-0.1, -0.05) is 45.0 Å². The average Bonchev–Trinajstić information content (AvgIpc) is 3.10. The number of benzene rings is 2. The van der Waals surface area contributed by atoms with Gasteiger partial charge in [0.1, 0.15) is 0 Å². The van der Waals surface area contributed by atoms with Crippen molar-refractivity contribution in [1.82, 2.24) is 14.5 Å². The zero-order valence-corrected chi connectivity index (χ0v) is 17.1. The van der Waals surface area contributed by atoms with E-state index < -0.39 is 0 Å². The van der Waals surface area contributed by atoms with Crippen molar-refractivity contribution in [2.75, 3.05) is 13.1 Å². The van der Waals surface area contributed by atoms with Gasteiger partial charge < -0.3 is 9.47 Å². The van der Waals surface area contributed by atoms with E-state index in [2.05, 4.69) is 60.7 Å². The highest BCUT2D eigenvalue weighted by Gasteiger charge is 2.24. The summed E-state index contributed by atoms with van der Waals surface area (Å²) in [7, 11) is 0. The summed E-state index contributed by atoms with van der Waals surface area (Å²) < 4.78 is 2.25. The molecule has 28 heavy (non-hydrogen) atoms. The van der Waals surface area contributed by atoms with E-state index in [1.54, 1.807) is 0 Å². The number of piperidine rings is 1. The van der Waals surface area contributed by atoms with Crippen molar-refractivity contribution >= 4 is 16.9 Å². The highest BCUT2D eigenvalue weighted by Crippen LogP contribution is 2.25. The number of aromatic nitrogens is 2. The summed E-state index contributed by atoms with van der Waals surface area (Å²) in [5, 5.41) is 0. The summed E-state index contributed by atoms with van der Waals surface area (Å²) >= 11 is 0. The predicted molar refractivity (Wildman–Crippen MR) is 114 cm³/mol. The lowest BCUT2D eigenvalue weighted by Crippen LogP contribution is -2.39. The first-order chi connectivity index (χ1) is 13.4. The van der Waals surface area contributed by atoms with Crippen LogP contribution in [0.25, 0.3) is 11.0 Å². The second-order valence-corrected chi connectivity index (χ2v) is 8.95. The number of rotatable bonds is 3. The van der Waals surface area contributed by atoms with Gasteiger partial charge in [0.15, 0.2) is 0 Å². The van der Waals surface area contributed by atoms with Gasteiger partial charge in [-0.15, -0.1) is 0 Å². The molecule has 0 unspecified atom stereocenters. The van der Waals surface area contributed by atoms with E-state index in [-0.39, 0.29) is 11.3 Å². The van der Waals surface area contributed by atoms with E-state index in [4.69, 9.17) is 0 Å². The Hall–Kier alpha value is -2.62. The first-order valence-electron chi connectivity index (χ1n) is 10.2. The molecule has 0 radical (unpaired) electrons. The van der Waals surface area contributed by atoms with Gasteiger partial charge >= 0.3 is 0 Å². The molecule has 0 aliphatic carbocycles. The summed E-state index contributed by atoms with van der Waals surface area (Å²) in [6.45, 7) is 9.21. The number of fused-ring (bicyclic) bond motifs is 1. The van der Waals surface area contributed by atoms with Crippen LogP contribution in [0.1, 0.15) is 49.5 Å². The molecular weight excluding hydrogens is 346 g/mol. The number of hydrogen-bond acceptors (Lipinski definition) is 2. The molecule has 1 saturated heterocycles. The van der Waals surface area contributed by atoms with E-state index in [1.807, 2.05) is 29.4 Å². The molecule has 2 heterocycles. The Morgan fingerprint density at radius 3 is 2.39 bits per heavy atom. The molecule has 1 fully saturated rings. The Labute approximate surface area is 167 Å². The van der Waals surface area contributed by atoms with Crippen LogP contribution in [0.2, 0.25) is 0 Å². The molecular formula is C24H29N3O. The molecule has 0 N–H and O–H groups in total. The molecule has 3 aromatic rings. The van der Waals surface area contributed by atoms with Crippen LogP contribution in [0.5, 0.6) is 0 Å². The van der Waals surface area contributed by atoms with Crippen molar-refractivity contribution in [3.05, 3.63) is 66.0 Å². The molecule has 2 aromatic carbocycles. The maximum absolute atomic E-state index is 12.9. The van der Waals surface area contributed by atoms with Crippen molar-refractivity contribution in [2.45, 2.75) is 45.6 Å². The van der Waals surface area contributed by atoms with Crippen LogP contribution in [0.3, 0.4) is 0 Å². The topological polar surface area (TPSA) is 38.1 Å². The Bertz CT molecular complexity index is 957. The minimum absolute atomic E-state index is 0.109. The smallest absolute Gasteiger partial charge is 0.253 e. The number of likely N-dealkylation sites (tertiary alicyclic amines) is 1. The second kappa shape index (κ2) is 7.42. The van der Waals surface area contributed by atoms with Crippen molar-refractivity contribution in [2.24, 2.45) is 5.92 Å². The standard InChI is InChI=1S/C24H29N3O/c1-24(2,3)20-10-8-19(9-11-20)23(28)26-14-12-18(13-15-26)16-27-17-25-21-6-4-5-7-22(21)27/h4-11,17-18H,12-16H2,1-3H3. The summed E-state index contributed by atoms with van der Waals surface area (Å²) in [6.07, 6.45) is 4.02. The largest absolute Gasteiger partial charge is 0.339 e. The lowest BCUT2D eigenvalue weighted by molar-refractivity contribution is 0.0683. The van der Waals surface area contributed by atoms with Crippen LogP contribution < -0.4 is 0 Å². The van der Waals surface area contributed by atoms with Crippen LogP contribution >= 0.6 is 0 Å². The van der Waals surface area contributed by atoms with Crippen LogP contribution in [-0.4, -0.2) is 33.4 Å². The number of carbonyl (C=O) groups excluding carboxylic acids is 1. The van der Waals surface area contributed by atoms with Gasteiger partial charge in [-0.2, -0.15) is 0 Å². The SMILES string of the molecule is CC(C)(C)c1ccc(C(=O)N2CCC(Cn3cnc4ccccc43)CC2)cc1. The van der Waals surface area contributed by atoms with Gasteiger partial charge in [-0.05, 0) is 54.0 Å². The maximum Gasteiger partial charge on any atom is 0.253 e. The summed E-state index contributed by atoms with van der Waals surface area (Å²) in [5.41, 5.74) is 4.41. The van der Waals surface area contributed by atoms with Gasteiger partial charge in [0, 0.05) is 25.2 Å². The lowest BCUT2D eigenvalue weighted by atomic mass is 9.86. The number of carbonyl (C=O) groups is 1. The zero-order chi connectivity index (χ0) is 19.7. The molecule has 0 saturated carbocycles. The van der Waals surface area contributed by atoms with Crippen LogP contribution in [-0.2, 0) is 12.0 Å². The molecule has 1 amide bonds. The average molecular weight is 376 g/mol. The number of nitrogens with zero attached hydrogens (tertiary/aromatic N) is 3. The van der Waals surface area contributed by atoms with E-state index in [9.17, 15) is 4.79 Å². The number of hydrogen-bond donors (Lipinski definition) is 0. The molecule has 4 rings (SSSR count). The molecule has 4 heteroatoms. The van der Waals surface area contributed by atoms with E-state index >= 15 is 0 Å². The normalized spacial score (nSPS) is 15.9. The Kier molecular flexibility index (Phi) is 4.96. The van der Waals surface area contributed by atoms with Crippen LogP contribution in [0.15, 0.2) is 54.9 Å². The molecule has 1 aliphatic heterocycles. The van der Waals surface area contributed by atoms with Crippen molar-refractivity contribution < 1.29 is 4.79 Å². The second-order valence-electron chi connectivity index (χ2n) is 8.95. The predicted octanol–water partition coefficient (Wildman–Crippen LogP) is 4.89. The van der Waals surface area contributed by atoms with E-state index in [0.717, 1.165) is 43.6 Å². The van der Waals surface area contributed by atoms with Crippen molar-refractivity contribution in [3.8, 4) is 0 Å². The molecule has 4 nitrogen and oxygen atoms in total. The van der Waals surface area contributed by atoms with Gasteiger partial charge in [-0.25, -0.2) is 4.98 Å². The third-order valence-electron chi connectivity index (χ3n) is 5.88. The third kappa shape index (κ3) is 3.82. The number of imidazole rings is 1. The van der Waals surface area contributed by atoms with Crippen molar-refractivity contribution in [1.29, 1.82) is 0 Å². The summed E-state index contributed by atoms with van der Waals surface area (Å²) in [5.74, 6) is 0.747. The van der Waals surface area contributed by atoms with Crippen LogP contribution in [0.4, 0.5) is 0 Å². The van der Waals surface area contributed by atoms with E-state index in [1.165, 1.54) is 11.1 Å². The van der Waals surface area contributed by atoms with Crippen molar-refractivity contribution in [3.63, 3.8) is 0 Å². The highest BCUT2D eigenvalue weighted by molar-refractivity contribution is 5.94. The highest BCUT2D eigenvalue weighted by atomic mass is 16.2. The molecule has 0 spiro atoms. The number of para-hydroxylation sites is 2. The lowest BCUT2D eigenvalue weighted by Gasteiger charge is -2.32. The van der Waals surface area contributed by atoms with Crippen LogP contribution in [0, 0.1) is 5.92 Å². The Morgan fingerprint density at radius 2 is 1.71 bits per heavy atom. The zero-order valence-electron chi connectivity index (χ0n) is 17.1. The third-order valence-corrected chi connectivity index (χ3v) is 5.88. The quantitative estimate of drug-likeness (QED) is 0.654. The number of amides is 1. The first-order valence-corrected chi connectivity index (χ1v) is 10.2. The van der Waals surface area contributed by atoms with E-state index in [0.29, 0.717) is 5.92 Å². The van der Waals surface area contributed by atoms with Gasteiger partial charge in [0.2, 0.25) is 0 Å². The Balaban J connectivity index is 1.36. The van der Waals surface area contributed by atoms with Gasteiger partial charge in [-0.3, -0.25) is 4.79 Å². The fraction of sp³-hybridized carbons (Fsp3) is 0.417. The molecule has 146 valence electrons. The van der Waals surface area contributed by atoms with Gasteiger partial charge in [0.25, 0.3) is 5.91 Å². The monoisotopic (exact) mass is 375 g/mol. The molecule has 0 atom stereocenters. The first kappa shape index (κ1) is 18.7. The molecule has 1 aliphatic rings. The fourth-order valence-corrected chi connectivity index (χ4v) is 4.05. The minimum atomic E-state index is 0.109.